The van der Waals surface area contributed by atoms with E-state index in [9.17, 15) is 4.79 Å². The Kier molecular flexibility index (Phi) is 5.14. The van der Waals surface area contributed by atoms with E-state index < -0.39 is 0 Å². The van der Waals surface area contributed by atoms with E-state index in [1.165, 1.54) is 0 Å². The number of carbonyl (C=O) groups is 1. The number of ether oxygens (including phenoxy) is 1. The summed E-state index contributed by atoms with van der Waals surface area (Å²) in [5.41, 5.74) is 6.68. The zero-order chi connectivity index (χ0) is 15.2. The van der Waals surface area contributed by atoms with Crippen LogP contribution in [0.2, 0.25) is 5.02 Å². The number of rotatable bonds is 4. The van der Waals surface area contributed by atoms with Crippen LogP contribution in [0.15, 0.2) is 48.5 Å². The van der Waals surface area contributed by atoms with Crippen LogP contribution in [0.3, 0.4) is 0 Å². The fourth-order valence-corrected chi connectivity index (χ4v) is 1.99. The van der Waals surface area contributed by atoms with E-state index in [4.69, 9.17) is 22.1 Å². The van der Waals surface area contributed by atoms with Crippen LogP contribution in [-0.2, 0) is 6.61 Å². The molecule has 3 N–H and O–H groups in total. The minimum atomic E-state index is -0.344. The third-order valence-electron chi connectivity index (χ3n) is 2.65. The zero-order valence-corrected chi connectivity index (χ0v) is 12.6. The average molecular weight is 321 g/mol. The maximum absolute atomic E-state index is 11.6. The monoisotopic (exact) mass is 320 g/mol. The molecule has 0 unspecified atom stereocenters. The second-order valence-electron chi connectivity index (χ2n) is 4.26. The van der Waals surface area contributed by atoms with Gasteiger partial charge in [0.25, 0.3) is 5.91 Å². The number of benzene rings is 2. The third kappa shape index (κ3) is 4.73. The molecule has 2 rings (SSSR count). The van der Waals surface area contributed by atoms with Gasteiger partial charge in [-0.3, -0.25) is 10.1 Å². The van der Waals surface area contributed by atoms with Crippen LogP contribution in [0.5, 0.6) is 5.75 Å². The van der Waals surface area contributed by atoms with E-state index in [-0.39, 0.29) is 11.0 Å². The van der Waals surface area contributed by atoms with Gasteiger partial charge >= 0.3 is 0 Å². The molecule has 4 nitrogen and oxygen atoms in total. The highest BCUT2D eigenvalue weighted by molar-refractivity contribution is 7.80. The van der Waals surface area contributed by atoms with Gasteiger partial charge in [0, 0.05) is 10.6 Å². The standard InChI is InChI=1S/C15H13ClN2O2S/c16-12-3-1-2-10(8-12)9-20-13-6-4-11(5-7-13)14(19)18-15(17)21/h1-8H,9H2,(H3,17,18,19,21). The Bertz CT molecular complexity index is 659. The highest BCUT2D eigenvalue weighted by atomic mass is 35.5. The van der Waals surface area contributed by atoms with Gasteiger partial charge in [-0.2, -0.15) is 0 Å². The summed E-state index contributed by atoms with van der Waals surface area (Å²) in [5, 5.41) is 2.97. The quantitative estimate of drug-likeness (QED) is 0.850. The third-order valence-corrected chi connectivity index (χ3v) is 2.98. The van der Waals surface area contributed by atoms with Crippen molar-refractivity contribution in [3.05, 3.63) is 64.7 Å². The second-order valence-corrected chi connectivity index (χ2v) is 5.14. The van der Waals surface area contributed by atoms with Gasteiger partial charge in [-0.15, -0.1) is 0 Å². The molecule has 0 bridgehead atoms. The maximum atomic E-state index is 11.6. The molecule has 0 aromatic heterocycles. The molecule has 0 heterocycles. The van der Waals surface area contributed by atoms with Gasteiger partial charge in [0.05, 0.1) is 0 Å². The number of halogens is 1. The second kappa shape index (κ2) is 7.06. The molecule has 0 saturated carbocycles. The molecule has 0 fully saturated rings. The Balaban J connectivity index is 1.96. The summed E-state index contributed by atoms with van der Waals surface area (Å²) in [6, 6.07) is 14.1. The Morgan fingerprint density at radius 3 is 2.57 bits per heavy atom. The number of thiocarbonyl (C=S) groups is 1. The molecule has 2 aromatic rings. The molecule has 0 radical (unpaired) electrons. The van der Waals surface area contributed by atoms with Crippen molar-refractivity contribution in [3.63, 3.8) is 0 Å². The number of hydrogen-bond acceptors (Lipinski definition) is 3. The number of carbonyl (C=O) groups excluding carboxylic acids is 1. The highest BCUT2D eigenvalue weighted by Crippen LogP contribution is 2.16. The lowest BCUT2D eigenvalue weighted by atomic mass is 10.2. The van der Waals surface area contributed by atoms with Crippen LogP contribution in [0.1, 0.15) is 15.9 Å². The molecule has 1 amide bonds. The zero-order valence-electron chi connectivity index (χ0n) is 11.0. The van der Waals surface area contributed by atoms with Crippen molar-refractivity contribution in [3.8, 4) is 5.75 Å². The van der Waals surface area contributed by atoms with E-state index in [0.29, 0.717) is 22.9 Å². The average Bonchev–Trinajstić information content (AvgIpc) is 2.45. The normalized spacial score (nSPS) is 9.95. The van der Waals surface area contributed by atoms with Gasteiger partial charge in [-0.05, 0) is 54.2 Å². The topological polar surface area (TPSA) is 64.3 Å². The summed E-state index contributed by atoms with van der Waals surface area (Å²) < 4.78 is 5.62. The van der Waals surface area contributed by atoms with Gasteiger partial charge in [0.2, 0.25) is 0 Å². The lowest BCUT2D eigenvalue weighted by molar-refractivity contribution is 0.0977. The molecular weight excluding hydrogens is 308 g/mol. The van der Waals surface area contributed by atoms with Gasteiger partial charge in [0.15, 0.2) is 5.11 Å². The van der Waals surface area contributed by atoms with Crippen LogP contribution >= 0.6 is 23.8 Å². The molecule has 108 valence electrons. The molecular formula is C15H13ClN2O2S. The number of nitrogens with two attached hydrogens (primary N) is 1. The van der Waals surface area contributed by atoms with E-state index in [0.717, 1.165) is 5.56 Å². The lowest BCUT2D eigenvalue weighted by Crippen LogP contribution is -2.34. The van der Waals surface area contributed by atoms with Gasteiger partial charge in [-0.25, -0.2) is 0 Å². The molecule has 0 saturated heterocycles. The van der Waals surface area contributed by atoms with Crippen LogP contribution < -0.4 is 15.8 Å². The van der Waals surface area contributed by atoms with E-state index >= 15 is 0 Å². The summed E-state index contributed by atoms with van der Waals surface area (Å²) in [5.74, 6) is 0.311. The first-order valence-electron chi connectivity index (χ1n) is 6.12. The Morgan fingerprint density at radius 1 is 1.24 bits per heavy atom. The molecule has 0 aliphatic rings. The minimum absolute atomic E-state index is 0.0544. The van der Waals surface area contributed by atoms with Gasteiger partial charge in [0.1, 0.15) is 12.4 Å². The maximum Gasteiger partial charge on any atom is 0.257 e. The fraction of sp³-hybridized carbons (Fsp3) is 0.0667. The van der Waals surface area contributed by atoms with Crippen molar-refractivity contribution in [1.82, 2.24) is 5.32 Å². The van der Waals surface area contributed by atoms with Crippen molar-refractivity contribution in [2.75, 3.05) is 0 Å². The predicted octanol–water partition coefficient (Wildman–Crippen LogP) is 2.89. The van der Waals surface area contributed by atoms with Gasteiger partial charge < -0.3 is 10.5 Å². The molecule has 0 spiro atoms. The van der Waals surface area contributed by atoms with Crippen LogP contribution in [0.25, 0.3) is 0 Å². The minimum Gasteiger partial charge on any atom is -0.489 e. The molecule has 21 heavy (non-hydrogen) atoms. The summed E-state index contributed by atoms with van der Waals surface area (Å²) in [6.45, 7) is 0.402. The van der Waals surface area contributed by atoms with E-state index in [1.807, 2.05) is 18.2 Å². The number of nitrogens with one attached hydrogen (secondary N) is 1. The molecule has 0 aliphatic heterocycles. The van der Waals surface area contributed by atoms with Crippen LogP contribution in [0, 0.1) is 0 Å². The molecule has 6 heteroatoms. The summed E-state index contributed by atoms with van der Waals surface area (Å²) in [6.07, 6.45) is 0. The van der Waals surface area contributed by atoms with Crippen molar-refractivity contribution in [1.29, 1.82) is 0 Å². The smallest absolute Gasteiger partial charge is 0.257 e. The summed E-state index contributed by atoms with van der Waals surface area (Å²) >= 11 is 10.5. The van der Waals surface area contributed by atoms with Crippen molar-refractivity contribution < 1.29 is 9.53 Å². The van der Waals surface area contributed by atoms with Crippen LogP contribution in [-0.4, -0.2) is 11.0 Å². The van der Waals surface area contributed by atoms with E-state index in [2.05, 4.69) is 17.5 Å². The first kappa shape index (κ1) is 15.3. The predicted molar refractivity (Wildman–Crippen MR) is 86.5 cm³/mol. The lowest BCUT2D eigenvalue weighted by Gasteiger charge is -2.08. The molecule has 0 atom stereocenters. The largest absolute Gasteiger partial charge is 0.489 e. The first-order chi connectivity index (χ1) is 10.0. The fourth-order valence-electron chi connectivity index (χ4n) is 1.68. The van der Waals surface area contributed by atoms with Crippen LogP contribution in [0.4, 0.5) is 0 Å². The van der Waals surface area contributed by atoms with Crippen molar-refractivity contribution >= 4 is 34.8 Å². The number of amides is 1. The van der Waals surface area contributed by atoms with Crippen molar-refractivity contribution in [2.24, 2.45) is 5.73 Å². The Labute approximate surface area is 132 Å². The molecule has 0 aliphatic carbocycles. The first-order valence-corrected chi connectivity index (χ1v) is 6.91. The Hall–Kier alpha value is -2.11. The summed E-state index contributed by atoms with van der Waals surface area (Å²) in [7, 11) is 0. The summed E-state index contributed by atoms with van der Waals surface area (Å²) in [4.78, 5) is 11.6. The number of hydrogen-bond donors (Lipinski definition) is 2. The van der Waals surface area contributed by atoms with Gasteiger partial charge in [-0.1, -0.05) is 23.7 Å². The highest BCUT2D eigenvalue weighted by Gasteiger charge is 2.06. The Morgan fingerprint density at radius 2 is 1.95 bits per heavy atom. The van der Waals surface area contributed by atoms with Crippen molar-refractivity contribution in [2.45, 2.75) is 6.61 Å². The van der Waals surface area contributed by atoms with E-state index in [1.54, 1.807) is 30.3 Å². The molecule has 2 aromatic carbocycles. The SMILES string of the molecule is NC(=S)NC(=O)c1ccc(OCc2cccc(Cl)c2)cc1.